The van der Waals surface area contributed by atoms with Crippen molar-refractivity contribution in [3.63, 3.8) is 0 Å². The Hall–Kier alpha value is -2.18. The number of aromatic nitrogens is 3. The molecule has 0 radical (unpaired) electrons. The van der Waals surface area contributed by atoms with Crippen LogP contribution in [0.5, 0.6) is 5.75 Å². The van der Waals surface area contributed by atoms with E-state index in [2.05, 4.69) is 10.3 Å². The molecule has 0 bridgehead atoms. The number of methoxy groups -OCH3 is 1. The number of rotatable bonds is 4. The molecule has 0 saturated heterocycles. The van der Waals surface area contributed by atoms with Crippen LogP contribution in [0, 0.1) is 6.92 Å². The zero-order valence-corrected chi connectivity index (χ0v) is 12.7. The van der Waals surface area contributed by atoms with Crippen molar-refractivity contribution in [2.75, 3.05) is 7.11 Å². The van der Waals surface area contributed by atoms with Crippen molar-refractivity contribution in [1.82, 2.24) is 15.0 Å². The molecule has 2 heterocycles. The van der Waals surface area contributed by atoms with Gasteiger partial charge in [-0.05, 0) is 36.1 Å². The molecule has 0 atom stereocenters. The minimum Gasteiger partial charge on any atom is -0.494 e. The normalized spacial score (nSPS) is 10.8. The summed E-state index contributed by atoms with van der Waals surface area (Å²) in [6.07, 6.45) is 0. The first kappa shape index (κ1) is 13.8. The SMILES string of the molecule is COc1ccc(C)cc1-n1nnc(CN)c1-c1cccs1. The summed E-state index contributed by atoms with van der Waals surface area (Å²) in [5, 5.41) is 10.5. The molecule has 0 unspecified atom stereocenters. The van der Waals surface area contributed by atoms with Crippen LogP contribution in [0.2, 0.25) is 0 Å². The molecule has 108 valence electrons. The molecule has 21 heavy (non-hydrogen) atoms. The van der Waals surface area contributed by atoms with Gasteiger partial charge < -0.3 is 10.5 Å². The fourth-order valence-corrected chi connectivity index (χ4v) is 3.02. The average Bonchev–Trinajstić information content (AvgIpc) is 3.15. The van der Waals surface area contributed by atoms with E-state index in [0.29, 0.717) is 6.54 Å². The first-order chi connectivity index (χ1) is 10.2. The van der Waals surface area contributed by atoms with Gasteiger partial charge in [-0.2, -0.15) is 0 Å². The molecule has 3 aromatic rings. The Morgan fingerprint density at radius 2 is 2.19 bits per heavy atom. The van der Waals surface area contributed by atoms with E-state index >= 15 is 0 Å². The molecule has 0 aliphatic carbocycles. The van der Waals surface area contributed by atoms with E-state index in [0.717, 1.165) is 33.3 Å². The van der Waals surface area contributed by atoms with E-state index in [1.54, 1.807) is 23.1 Å². The molecule has 0 spiro atoms. The lowest BCUT2D eigenvalue weighted by Crippen LogP contribution is -2.04. The van der Waals surface area contributed by atoms with Gasteiger partial charge >= 0.3 is 0 Å². The highest BCUT2D eigenvalue weighted by Crippen LogP contribution is 2.32. The van der Waals surface area contributed by atoms with Crippen LogP contribution in [-0.4, -0.2) is 22.1 Å². The second-order valence-corrected chi connectivity index (χ2v) is 5.60. The summed E-state index contributed by atoms with van der Waals surface area (Å²) < 4.78 is 7.26. The molecule has 2 N–H and O–H groups in total. The van der Waals surface area contributed by atoms with Crippen LogP contribution in [0.3, 0.4) is 0 Å². The minimum atomic E-state index is 0.349. The molecule has 6 heteroatoms. The van der Waals surface area contributed by atoms with Gasteiger partial charge in [0.1, 0.15) is 22.8 Å². The number of nitrogens with zero attached hydrogens (tertiary/aromatic N) is 3. The molecule has 3 rings (SSSR count). The van der Waals surface area contributed by atoms with Crippen LogP contribution < -0.4 is 10.5 Å². The van der Waals surface area contributed by atoms with Gasteiger partial charge in [0.05, 0.1) is 12.0 Å². The Bertz CT molecular complexity index is 749. The van der Waals surface area contributed by atoms with Gasteiger partial charge in [-0.25, -0.2) is 4.68 Å². The molecule has 0 amide bonds. The molecule has 0 aliphatic heterocycles. The number of ether oxygens (including phenoxy) is 1. The van der Waals surface area contributed by atoms with Crippen molar-refractivity contribution in [2.24, 2.45) is 5.73 Å². The molecule has 0 saturated carbocycles. The van der Waals surface area contributed by atoms with Gasteiger partial charge in [0.15, 0.2) is 0 Å². The molecular weight excluding hydrogens is 284 g/mol. The van der Waals surface area contributed by atoms with Crippen LogP contribution >= 0.6 is 11.3 Å². The largest absolute Gasteiger partial charge is 0.494 e. The van der Waals surface area contributed by atoms with Crippen molar-refractivity contribution < 1.29 is 4.74 Å². The Morgan fingerprint density at radius 1 is 1.33 bits per heavy atom. The summed E-state index contributed by atoms with van der Waals surface area (Å²) in [6.45, 7) is 2.38. The predicted octanol–water partition coefficient (Wildman–Crippen LogP) is 2.77. The highest BCUT2D eigenvalue weighted by molar-refractivity contribution is 7.13. The quantitative estimate of drug-likeness (QED) is 0.804. The van der Waals surface area contributed by atoms with E-state index in [9.17, 15) is 0 Å². The first-order valence-electron chi connectivity index (χ1n) is 6.58. The van der Waals surface area contributed by atoms with Crippen LogP contribution in [0.25, 0.3) is 16.3 Å². The lowest BCUT2D eigenvalue weighted by atomic mass is 10.2. The van der Waals surface area contributed by atoms with Crippen LogP contribution in [0.1, 0.15) is 11.3 Å². The second-order valence-electron chi connectivity index (χ2n) is 4.65. The Morgan fingerprint density at radius 3 is 2.86 bits per heavy atom. The third-order valence-corrected chi connectivity index (χ3v) is 4.13. The lowest BCUT2D eigenvalue weighted by Gasteiger charge is -2.11. The smallest absolute Gasteiger partial charge is 0.144 e. The van der Waals surface area contributed by atoms with Gasteiger partial charge in [0, 0.05) is 6.54 Å². The van der Waals surface area contributed by atoms with Crippen molar-refractivity contribution in [1.29, 1.82) is 0 Å². The predicted molar refractivity (Wildman–Crippen MR) is 83.9 cm³/mol. The third kappa shape index (κ3) is 2.43. The van der Waals surface area contributed by atoms with Gasteiger partial charge in [-0.3, -0.25) is 0 Å². The van der Waals surface area contributed by atoms with Crippen molar-refractivity contribution in [2.45, 2.75) is 13.5 Å². The molecule has 0 aliphatic rings. The Kier molecular flexibility index (Phi) is 3.72. The van der Waals surface area contributed by atoms with Gasteiger partial charge in [-0.1, -0.05) is 17.3 Å². The maximum absolute atomic E-state index is 5.81. The number of thiophene rings is 1. The van der Waals surface area contributed by atoms with Gasteiger partial charge in [0.2, 0.25) is 0 Å². The van der Waals surface area contributed by atoms with Crippen LogP contribution in [0.4, 0.5) is 0 Å². The summed E-state index contributed by atoms with van der Waals surface area (Å²) in [6, 6.07) is 10.0. The van der Waals surface area contributed by atoms with Crippen molar-refractivity contribution in [3.8, 4) is 22.0 Å². The fourth-order valence-electron chi connectivity index (χ4n) is 2.24. The topological polar surface area (TPSA) is 66.0 Å². The number of aryl methyl sites for hydroxylation is 1. The zero-order valence-electron chi connectivity index (χ0n) is 11.9. The van der Waals surface area contributed by atoms with Crippen LogP contribution in [-0.2, 0) is 6.54 Å². The summed E-state index contributed by atoms with van der Waals surface area (Å²) in [5.41, 5.74) is 9.51. The lowest BCUT2D eigenvalue weighted by molar-refractivity contribution is 0.411. The summed E-state index contributed by atoms with van der Waals surface area (Å²) in [4.78, 5) is 1.09. The van der Waals surface area contributed by atoms with Crippen molar-refractivity contribution in [3.05, 3.63) is 47.0 Å². The zero-order chi connectivity index (χ0) is 14.8. The molecule has 0 fully saturated rings. The van der Waals surface area contributed by atoms with Crippen molar-refractivity contribution >= 4 is 11.3 Å². The fraction of sp³-hybridized carbons (Fsp3) is 0.200. The first-order valence-corrected chi connectivity index (χ1v) is 7.46. The monoisotopic (exact) mass is 300 g/mol. The molecule has 1 aromatic carbocycles. The van der Waals surface area contributed by atoms with E-state index in [-0.39, 0.29) is 0 Å². The molecular formula is C15H16N4OS. The Labute approximate surface area is 127 Å². The summed E-state index contributed by atoms with van der Waals surface area (Å²) in [7, 11) is 1.65. The summed E-state index contributed by atoms with van der Waals surface area (Å²) in [5.74, 6) is 0.756. The average molecular weight is 300 g/mol. The maximum Gasteiger partial charge on any atom is 0.144 e. The highest BCUT2D eigenvalue weighted by Gasteiger charge is 2.18. The summed E-state index contributed by atoms with van der Waals surface area (Å²) >= 11 is 1.64. The van der Waals surface area contributed by atoms with E-state index < -0.39 is 0 Å². The molecule has 2 aromatic heterocycles. The van der Waals surface area contributed by atoms with Crippen LogP contribution in [0.15, 0.2) is 35.7 Å². The van der Waals surface area contributed by atoms with E-state index in [4.69, 9.17) is 10.5 Å². The highest BCUT2D eigenvalue weighted by atomic mass is 32.1. The van der Waals surface area contributed by atoms with E-state index in [1.165, 1.54) is 0 Å². The van der Waals surface area contributed by atoms with Gasteiger partial charge in [0.25, 0.3) is 0 Å². The number of hydrogen-bond acceptors (Lipinski definition) is 5. The number of nitrogens with two attached hydrogens (primary N) is 1. The standard InChI is InChI=1S/C15H16N4OS/c1-10-5-6-13(20-2)12(8-10)19-15(11(9-16)17-18-19)14-4-3-7-21-14/h3-8H,9,16H2,1-2H3. The Balaban J connectivity index is 2.24. The number of hydrogen-bond donors (Lipinski definition) is 1. The minimum absolute atomic E-state index is 0.349. The van der Waals surface area contributed by atoms with E-state index in [1.807, 2.05) is 42.6 Å². The molecule has 5 nitrogen and oxygen atoms in total. The second kappa shape index (κ2) is 5.67. The van der Waals surface area contributed by atoms with Gasteiger partial charge in [-0.15, -0.1) is 16.4 Å². The maximum atomic E-state index is 5.81. The third-order valence-electron chi connectivity index (χ3n) is 3.25. The number of benzene rings is 1.